The van der Waals surface area contributed by atoms with Crippen LogP contribution in [0.4, 0.5) is 0 Å². The van der Waals surface area contributed by atoms with E-state index in [1.807, 2.05) is 30.9 Å². The summed E-state index contributed by atoms with van der Waals surface area (Å²) >= 11 is 0. The molecule has 1 fully saturated rings. The minimum Gasteiger partial charge on any atom is -0.353 e. The van der Waals surface area contributed by atoms with Crippen molar-refractivity contribution in [2.45, 2.75) is 51.0 Å². The largest absolute Gasteiger partial charge is 0.353 e. The fraction of sp³-hybridized carbons (Fsp3) is 0.632. The second-order valence-corrected chi connectivity index (χ2v) is 10.1. The van der Waals surface area contributed by atoms with E-state index in [2.05, 4.69) is 26.1 Å². The molecule has 6 nitrogen and oxygen atoms in total. The maximum Gasteiger partial charge on any atom is 0.243 e. The molecule has 1 N–H and O–H groups in total. The second-order valence-electron chi connectivity index (χ2n) is 8.18. The molecule has 1 saturated heterocycles. The third-order valence-corrected chi connectivity index (χ3v) is 6.42. The van der Waals surface area contributed by atoms with Gasteiger partial charge in [0.2, 0.25) is 15.9 Å². The fourth-order valence-corrected chi connectivity index (χ4v) is 4.40. The summed E-state index contributed by atoms with van der Waals surface area (Å²) in [6.45, 7) is 12.4. The number of hydrogen-bond acceptors (Lipinski definition) is 4. The van der Waals surface area contributed by atoms with Crippen LogP contribution in [0.3, 0.4) is 0 Å². The van der Waals surface area contributed by atoms with Crippen LogP contribution in [0.15, 0.2) is 29.2 Å². The molecule has 0 atom stereocenters. The number of carbonyl (C=O) groups is 1. The third-order valence-electron chi connectivity index (χ3n) is 4.51. The molecule has 1 aromatic rings. The van der Waals surface area contributed by atoms with Gasteiger partial charge in [0.15, 0.2) is 0 Å². The van der Waals surface area contributed by atoms with E-state index in [9.17, 15) is 13.2 Å². The molecule has 2 rings (SSSR count). The van der Waals surface area contributed by atoms with Gasteiger partial charge in [-0.1, -0.05) is 32.9 Å². The zero-order chi connectivity index (χ0) is 19.5. The lowest BCUT2D eigenvalue weighted by Crippen LogP contribution is -2.51. The van der Waals surface area contributed by atoms with Crippen LogP contribution >= 0.6 is 0 Å². The van der Waals surface area contributed by atoms with Gasteiger partial charge >= 0.3 is 0 Å². The molecule has 1 aliphatic heterocycles. The van der Waals surface area contributed by atoms with Crippen LogP contribution < -0.4 is 5.32 Å². The second kappa shape index (κ2) is 8.06. The molecule has 1 aromatic carbocycles. The average molecular weight is 382 g/mol. The van der Waals surface area contributed by atoms with Gasteiger partial charge in [-0.05, 0) is 37.0 Å². The van der Waals surface area contributed by atoms with Crippen molar-refractivity contribution in [1.29, 1.82) is 0 Å². The Balaban J connectivity index is 1.98. The lowest BCUT2D eigenvalue weighted by molar-refractivity contribution is -0.123. The first-order chi connectivity index (χ1) is 12.0. The summed E-state index contributed by atoms with van der Waals surface area (Å²) in [6.07, 6.45) is 0. The highest BCUT2D eigenvalue weighted by atomic mass is 32.2. The molecule has 0 spiro atoms. The van der Waals surface area contributed by atoms with Crippen molar-refractivity contribution >= 4 is 15.9 Å². The first-order valence-corrected chi connectivity index (χ1v) is 10.6. The van der Waals surface area contributed by atoms with Crippen LogP contribution in [-0.4, -0.2) is 62.3 Å². The van der Waals surface area contributed by atoms with E-state index in [0.717, 1.165) is 5.56 Å². The fourth-order valence-electron chi connectivity index (χ4n) is 2.97. The van der Waals surface area contributed by atoms with Crippen LogP contribution in [-0.2, 0) is 20.2 Å². The predicted molar refractivity (Wildman–Crippen MR) is 104 cm³/mol. The highest BCUT2D eigenvalue weighted by Crippen LogP contribution is 2.25. The van der Waals surface area contributed by atoms with Gasteiger partial charge in [0, 0.05) is 32.2 Å². The van der Waals surface area contributed by atoms with Crippen molar-refractivity contribution < 1.29 is 13.2 Å². The highest BCUT2D eigenvalue weighted by molar-refractivity contribution is 7.89. The minimum atomic E-state index is -3.49. The quantitative estimate of drug-likeness (QED) is 0.845. The average Bonchev–Trinajstić information content (AvgIpc) is 2.54. The number of nitrogens with one attached hydrogen (secondary N) is 1. The Hall–Kier alpha value is -1.44. The molecule has 1 amide bonds. The Morgan fingerprint density at radius 1 is 1.08 bits per heavy atom. The summed E-state index contributed by atoms with van der Waals surface area (Å²) in [5.41, 5.74) is 1.10. The number of hydrogen-bond donors (Lipinski definition) is 1. The lowest BCUT2D eigenvalue weighted by Gasteiger charge is -2.33. The lowest BCUT2D eigenvalue weighted by atomic mass is 9.87. The first kappa shape index (κ1) is 20.9. The SMILES string of the molecule is CC(C)NC(=O)CN1CCN(S(=O)(=O)c2ccc(C(C)(C)C)cc2)CC1. The van der Waals surface area contributed by atoms with E-state index >= 15 is 0 Å². The van der Waals surface area contributed by atoms with E-state index in [-0.39, 0.29) is 17.4 Å². The number of amides is 1. The molecule has 146 valence electrons. The zero-order valence-electron chi connectivity index (χ0n) is 16.4. The van der Waals surface area contributed by atoms with Gasteiger partial charge in [0.05, 0.1) is 11.4 Å². The van der Waals surface area contributed by atoms with Crippen molar-refractivity contribution in [2.24, 2.45) is 0 Å². The van der Waals surface area contributed by atoms with Crippen molar-refractivity contribution in [2.75, 3.05) is 32.7 Å². The van der Waals surface area contributed by atoms with Crippen LogP contribution in [0, 0.1) is 0 Å². The van der Waals surface area contributed by atoms with Crippen molar-refractivity contribution in [3.8, 4) is 0 Å². The Kier molecular flexibility index (Phi) is 6.47. The molecule has 7 heteroatoms. The third kappa shape index (κ3) is 5.28. The first-order valence-electron chi connectivity index (χ1n) is 9.12. The van der Waals surface area contributed by atoms with Gasteiger partial charge in [-0.3, -0.25) is 9.69 Å². The van der Waals surface area contributed by atoms with Gasteiger partial charge in [-0.15, -0.1) is 0 Å². The van der Waals surface area contributed by atoms with Gasteiger partial charge in [0.1, 0.15) is 0 Å². The summed E-state index contributed by atoms with van der Waals surface area (Å²) in [7, 11) is -3.49. The predicted octanol–water partition coefficient (Wildman–Crippen LogP) is 1.81. The monoisotopic (exact) mass is 381 g/mol. The number of benzene rings is 1. The van der Waals surface area contributed by atoms with Crippen LogP contribution in [0.1, 0.15) is 40.2 Å². The van der Waals surface area contributed by atoms with Gasteiger partial charge in [-0.25, -0.2) is 8.42 Å². The summed E-state index contributed by atoms with van der Waals surface area (Å²) in [6, 6.07) is 7.27. The Morgan fingerprint density at radius 3 is 2.08 bits per heavy atom. The molecule has 26 heavy (non-hydrogen) atoms. The topological polar surface area (TPSA) is 69.7 Å². The number of carbonyl (C=O) groups excluding carboxylic acids is 1. The van der Waals surface area contributed by atoms with Crippen molar-refractivity contribution in [1.82, 2.24) is 14.5 Å². The number of sulfonamides is 1. The molecule has 0 aromatic heterocycles. The van der Waals surface area contributed by atoms with Crippen molar-refractivity contribution in [3.63, 3.8) is 0 Å². The molecule has 0 saturated carbocycles. The Morgan fingerprint density at radius 2 is 1.62 bits per heavy atom. The molecular formula is C19H31N3O3S. The summed E-state index contributed by atoms with van der Waals surface area (Å²) in [4.78, 5) is 14.2. The molecule has 0 bridgehead atoms. The van der Waals surface area contributed by atoms with Gasteiger partial charge in [0.25, 0.3) is 0 Å². The summed E-state index contributed by atoms with van der Waals surface area (Å²) < 4.78 is 27.2. The number of nitrogens with zero attached hydrogens (tertiary/aromatic N) is 2. The van der Waals surface area contributed by atoms with Gasteiger partial charge in [-0.2, -0.15) is 4.31 Å². The van der Waals surface area contributed by atoms with E-state index < -0.39 is 10.0 Å². The summed E-state index contributed by atoms with van der Waals surface area (Å²) in [5, 5.41) is 2.86. The maximum absolute atomic E-state index is 12.9. The minimum absolute atomic E-state index is 0.00945. The highest BCUT2D eigenvalue weighted by Gasteiger charge is 2.29. The molecule has 0 radical (unpaired) electrons. The van der Waals surface area contributed by atoms with E-state index in [0.29, 0.717) is 37.6 Å². The molecule has 1 heterocycles. The van der Waals surface area contributed by atoms with Crippen LogP contribution in [0.2, 0.25) is 0 Å². The van der Waals surface area contributed by atoms with Crippen molar-refractivity contribution in [3.05, 3.63) is 29.8 Å². The standard InChI is InChI=1S/C19H31N3O3S/c1-15(2)20-18(23)14-21-10-12-22(13-11-21)26(24,25)17-8-6-16(7-9-17)19(3,4)5/h6-9,15H,10-14H2,1-5H3,(H,20,23). The van der Waals surface area contributed by atoms with E-state index in [1.165, 1.54) is 4.31 Å². The Bertz CT molecular complexity index is 713. The molecule has 1 aliphatic rings. The normalized spacial score (nSPS) is 17.5. The smallest absolute Gasteiger partial charge is 0.243 e. The Labute approximate surface area is 157 Å². The summed E-state index contributed by atoms with van der Waals surface area (Å²) in [5.74, 6) is -0.0194. The molecular weight excluding hydrogens is 350 g/mol. The zero-order valence-corrected chi connectivity index (χ0v) is 17.3. The van der Waals surface area contributed by atoms with E-state index in [4.69, 9.17) is 0 Å². The van der Waals surface area contributed by atoms with Crippen LogP contribution in [0.5, 0.6) is 0 Å². The van der Waals surface area contributed by atoms with Gasteiger partial charge < -0.3 is 5.32 Å². The van der Waals surface area contributed by atoms with E-state index in [1.54, 1.807) is 12.1 Å². The maximum atomic E-state index is 12.9. The van der Waals surface area contributed by atoms with Crippen LogP contribution in [0.25, 0.3) is 0 Å². The number of rotatable bonds is 5. The molecule has 0 aliphatic carbocycles. The molecule has 0 unspecified atom stereocenters. The number of piperazine rings is 1.